The number of aliphatic hydroxyl groups excluding tert-OH is 2. The molecule has 9 aliphatic rings. The van der Waals surface area contributed by atoms with Crippen molar-refractivity contribution < 1.29 is 48.1 Å². The second-order valence-electron chi connectivity index (χ2n) is 43.7. The number of unbranched alkanes of at least 4 members (excludes halogenated alkanes) is 52. The van der Waals surface area contributed by atoms with Gasteiger partial charge in [0.25, 0.3) is 0 Å². The second-order valence-corrected chi connectivity index (χ2v) is 43.7. The zero-order valence-corrected chi connectivity index (χ0v) is 85.7. The van der Waals surface area contributed by atoms with Crippen molar-refractivity contribution in [2.24, 2.45) is 71.0 Å². The van der Waals surface area contributed by atoms with Crippen LogP contribution in [0.4, 0.5) is 0 Å². The van der Waals surface area contributed by atoms with E-state index in [1.165, 1.54) is 411 Å². The van der Waals surface area contributed by atoms with Crippen LogP contribution in [0.25, 0.3) is 0 Å². The summed E-state index contributed by atoms with van der Waals surface area (Å²) in [6, 6.07) is 0. The lowest BCUT2D eigenvalue weighted by molar-refractivity contribution is -0.0418. The van der Waals surface area contributed by atoms with Crippen LogP contribution in [0.15, 0.2) is 0 Å². The van der Waals surface area contributed by atoms with E-state index < -0.39 is 0 Å². The highest BCUT2D eigenvalue weighted by Gasteiger charge is 2.58. The minimum Gasteiger partial charge on any atom is -0.394 e. The molecule has 0 amide bonds. The summed E-state index contributed by atoms with van der Waals surface area (Å²) in [7, 11) is 0. The SMILES string of the molecule is CCCCCCCCCCCCCCCCC1CC2C3NC4NC(NC5NC(NC6NC(NC(N3)C2CC1CCCCCCCCCCCCCCCC)C1CCC(OCCOCCOCCOCCO)CC61)C1CC(CCCCCCCCCCCCCCCC)C(CCCCCCCCCCCCCCCC)CC51)C1CC(OCCOCCOCCOCCO)CCC41. The number of nitrogens with one attached hydrogen (secondary N) is 8. The summed E-state index contributed by atoms with van der Waals surface area (Å²) in [6.07, 6.45) is 98.7. The Kier molecular flexibility index (Phi) is 64.5. The van der Waals surface area contributed by atoms with Crippen molar-refractivity contribution in [1.29, 1.82) is 0 Å². The topological polar surface area (TPSA) is 211 Å². The minimum atomic E-state index is 0.0337. The second kappa shape index (κ2) is 74.3. The normalized spacial score (nSPS) is 29.5. The third-order valence-electron chi connectivity index (χ3n) is 33.7. The Labute approximate surface area is 801 Å². The van der Waals surface area contributed by atoms with Gasteiger partial charge in [-0.3, -0.25) is 42.5 Å². The summed E-state index contributed by atoms with van der Waals surface area (Å²) in [5.41, 5.74) is 0. The van der Waals surface area contributed by atoms with Gasteiger partial charge in [0.05, 0.1) is 167 Å². The molecule has 4 saturated carbocycles. The van der Waals surface area contributed by atoms with Gasteiger partial charge in [-0.2, -0.15) is 0 Å². The lowest BCUT2D eigenvalue weighted by atomic mass is 9.65. The average Bonchev–Trinajstić information content (AvgIpc) is 1.59. The Hall–Kier alpha value is -0.720. The van der Waals surface area contributed by atoms with Gasteiger partial charge in [0, 0.05) is 0 Å². The van der Waals surface area contributed by atoms with Gasteiger partial charge in [0.15, 0.2) is 0 Å². The maximum Gasteiger partial charge on any atom is 0.0704 e. The van der Waals surface area contributed by atoms with Gasteiger partial charge in [0.1, 0.15) is 0 Å². The third kappa shape index (κ3) is 45.5. The van der Waals surface area contributed by atoms with Gasteiger partial charge in [-0.15, -0.1) is 0 Å². The van der Waals surface area contributed by atoms with E-state index in [4.69, 9.17) is 48.1 Å². The van der Waals surface area contributed by atoms with Crippen LogP contribution in [0.2, 0.25) is 0 Å². The van der Waals surface area contributed by atoms with Crippen molar-refractivity contribution in [2.45, 2.75) is 539 Å². The van der Waals surface area contributed by atoms with E-state index >= 15 is 0 Å². The molecule has 22 unspecified atom stereocenters. The maximum atomic E-state index is 9.16. The van der Waals surface area contributed by atoms with E-state index in [9.17, 15) is 0 Å². The highest BCUT2D eigenvalue weighted by atomic mass is 16.6. The summed E-state index contributed by atoms with van der Waals surface area (Å²) >= 11 is 0. The smallest absolute Gasteiger partial charge is 0.0704 e. The zero-order chi connectivity index (χ0) is 90.8. The van der Waals surface area contributed by atoms with Crippen molar-refractivity contribution in [3.8, 4) is 0 Å². The van der Waals surface area contributed by atoms with Crippen LogP contribution < -0.4 is 42.5 Å². The zero-order valence-electron chi connectivity index (χ0n) is 85.7. The Morgan fingerprint density at radius 2 is 0.338 bits per heavy atom. The van der Waals surface area contributed by atoms with Crippen molar-refractivity contribution in [3.63, 3.8) is 0 Å². The lowest BCUT2D eigenvalue weighted by Gasteiger charge is -2.43. The van der Waals surface area contributed by atoms with Crippen LogP contribution in [0.1, 0.15) is 477 Å². The first kappa shape index (κ1) is 113. The maximum absolute atomic E-state index is 9.16. The number of hydrogen-bond donors (Lipinski definition) is 10. The molecule has 8 bridgehead atoms. The highest BCUT2D eigenvalue weighted by Crippen LogP contribution is 2.52. The quantitative estimate of drug-likeness (QED) is 0.0257. The molecule has 10 N–H and O–H groups in total. The number of fused-ring (bicyclic) bond motifs is 20. The molecule has 22 atom stereocenters. The molecule has 9 fully saturated rings. The monoisotopic (exact) mass is 1830 g/mol. The van der Waals surface area contributed by atoms with E-state index in [1.807, 2.05) is 0 Å². The molecule has 4 aliphatic carbocycles. The lowest BCUT2D eigenvalue weighted by Crippen LogP contribution is -2.61. The fraction of sp³-hybridized carbons (Fsp3) is 1.00. The molecule has 18 heteroatoms. The fourth-order valence-corrected chi connectivity index (χ4v) is 26.2. The Morgan fingerprint density at radius 1 is 0.177 bits per heavy atom. The first-order valence-corrected chi connectivity index (χ1v) is 58.4. The molecular weight excluding hydrogens is 1620 g/mol. The summed E-state index contributed by atoms with van der Waals surface area (Å²) in [5, 5.41) is 55.3. The molecular formula is C112H216N8O10. The molecule has 0 radical (unpaired) electrons. The molecule has 18 nitrogen and oxygen atoms in total. The Morgan fingerprint density at radius 3 is 0.531 bits per heavy atom. The number of ether oxygens (including phenoxy) is 8. The van der Waals surface area contributed by atoms with Gasteiger partial charge in [-0.1, -0.05) is 413 Å². The summed E-state index contributed by atoms with van der Waals surface area (Å²) < 4.78 is 48.7. The van der Waals surface area contributed by atoms with Crippen LogP contribution in [-0.2, 0) is 37.9 Å². The summed E-state index contributed by atoms with van der Waals surface area (Å²) in [6.45, 7) is 16.5. The molecule has 5 saturated heterocycles. The van der Waals surface area contributed by atoms with E-state index in [0.717, 1.165) is 62.2 Å². The van der Waals surface area contributed by atoms with Crippen LogP contribution in [-0.4, -0.2) is 177 Å². The average molecular weight is 1840 g/mol. The standard InChI is InChI=1S/C112H216N8O10/c1-5-9-13-17-21-25-29-33-37-41-45-49-53-57-61-91-85-99-100(86-92(91)62-58-54-50-46-42-38-34-30-26-22-18-14-10-6-2)108-114-106-98-68-66-96(130-84-82-128-80-78-126-76-74-124-72-70-122)90-104(98)112(116-106)120-110-102-88-94(64-60-56-52-48-44-40-36-32-28-24-20-16-12-8-4)93(63-59-55-51-47-43-39-35-31-27-23-19-15-11-7-3)87-101(102)109(118-110)119-111-103-89-95(65-67-97(103)105(115-111)113-107(99)117-108)129-83-81-127-79-77-125-75-73-123-71-69-121/h91-122H,5-90H2,1-4H3. The van der Waals surface area contributed by atoms with Crippen LogP contribution in [0.5, 0.6) is 0 Å². The van der Waals surface area contributed by atoms with Crippen LogP contribution >= 0.6 is 0 Å². The summed E-state index contributed by atoms with van der Waals surface area (Å²) in [4.78, 5) is 0. The predicted octanol–water partition coefficient (Wildman–Crippen LogP) is 25.1. The minimum absolute atomic E-state index is 0.0337. The van der Waals surface area contributed by atoms with Gasteiger partial charge >= 0.3 is 0 Å². The van der Waals surface area contributed by atoms with Gasteiger partial charge in [0.2, 0.25) is 0 Å². The molecule has 764 valence electrons. The highest BCUT2D eigenvalue weighted by molar-refractivity contribution is 5.11. The van der Waals surface area contributed by atoms with Crippen molar-refractivity contribution in [2.75, 3.05) is 106 Å². The molecule has 130 heavy (non-hydrogen) atoms. The van der Waals surface area contributed by atoms with Crippen LogP contribution in [0.3, 0.4) is 0 Å². The number of aliphatic hydroxyl groups is 2. The first-order valence-electron chi connectivity index (χ1n) is 58.4. The van der Waals surface area contributed by atoms with E-state index in [1.54, 1.807) is 0 Å². The molecule has 5 heterocycles. The molecule has 5 aliphatic heterocycles. The largest absolute Gasteiger partial charge is 0.394 e. The van der Waals surface area contributed by atoms with Crippen molar-refractivity contribution in [3.05, 3.63) is 0 Å². The Balaban J connectivity index is 0.940. The third-order valence-corrected chi connectivity index (χ3v) is 33.7. The first-order chi connectivity index (χ1) is 64.4. The molecule has 0 aromatic carbocycles. The molecule has 0 spiro atoms. The van der Waals surface area contributed by atoms with Gasteiger partial charge in [-0.05, 0) is 135 Å². The predicted molar refractivity (Wildman–Crippen MR) is 542 cm³/mol. The van der Waals surface area contributed by atoms with Gasteiger partial charge < -0.3 is 48.1 Å². The summed E-state index contributed by atoms with van der Waals surface area (Å²) in [5.74, 6) is 7.07. The van der Waals surface area contributed by atoms with Crippen molar-refractivity contribution >= 4 is 0 Å². The van der Waals surface area contributed by atoms with E-state index in [2.05, 4.69) is 70.2 Å². The fourth-order valence-electron chi connectivity index (χ4n) is 26.2. The molecule has 9 rings (SSSR count). The Bertz CT molecular complexity index is 2410. The van der Waals surface area contributed by atoms with Crippen molar-refractivity contribution in [1.82, 2.24) is 42.5 Å². The van der Waals surface area contributed by atoms with Crippen LogP contribution in [0, 0.1) is 71.0 Å². The number of rotatable bonds is 84. The number of hydrogen-bond acceptors (Lipinski definition) is 18. The van der Waals surface area contributed by atoms with Gasteiger partial charge in [-0.25, -0.2) is 0 Å². The molecule has 0 aromatic rings. The van der Waals surface area contributed by atoms with E-state index in [-0.39, 0.29) is 74.7 Å². The van der Waals surface area contributed by atoms with E-state index in [0.29, 0.717) is 140 Å². The molecule has 0 aromatic heterocycles.